The van der Waals surface area contributed by atoms with Gasteiger partial charge in [0.25, 0.3) is 17.4 Å². The third-order valence-electron chi connectivity index (χ3n) is 3.94. The van der Waals surface area contributed by atoms with Gasteiger partial charge in [-0.15, -0.1) is 5.10 Å². The lowest BCUT2D eigenvalue weighted by atomic mass is 10.2. The lowest BCUT2D eigenvalue weighted by molar-refractivity contribution is 0.102. The molecule has 10 heteroatoms. The highest BCUT2D eigenvalue weighted by molar-refractivity contribution is 6.03. The van der Waals surface area contributed by atoms with Crippen molar-refractivity contribution < 1.29 is 14.3 Å². The smallest absolute Gasteiger partial charge is 0.270 e. The van der Waals surface area contributed by atoms with Crippen LogP contribution in [0.25, 0.3) is 5.52 Å². The largest absolute Gasteiger partial charge is 0.497 e. The fourth-order valence-electron chi connectivity index (χ4n) is 2.62. The second-order valence-corrected chi connectivity index (χ2v) is 5.65. The van der Waals surface area contributed by atoms with Gasteiger partial charge in [0, 0.05) is 12.3 Å². The molecule has 0 aliphatic carbocycles. The van der Waals surface area contributed by atoms with Gasteiger partial charge in [-0.2, -0.15) is 5.21 Å². The number of amides is 1. The Morgan fingerprint density at radius 3 is 2.64 bits per heavy atom. The Hall–Kier alpha value is -4.21. The van der Waals surface area contributed by atoms with Crippen LogP contribution in [0.5, 0.6) is 17.2 Å². The summed E-state index contributed by atoms with van der Waals surface area (Å²) in [7, 11) is 1.57. The van der Waals surface area contributed by atoms with Gasteiger partial charge in [-0.1, -0.05) is 11.2 Å². The van der Waals surface area contributed by atoms with E-state index >= 15 is 0 Å². The van der Waals surface area contributed by atoms with Crippen LogP contribution in [0.4, 0.5) is 5.95 Å². The summed E-state index contributed by atoms with van der Waals surface area (Å²) in [4.78, 5) is 25.3. The van der Waals surface area contributed by atoms with Gasteiger partial charge in [0.1, 0.15) is 17.1 Å². The van der Waals surface area contributed by atoms with Crippen molar-refractivity contribution in [2.45, 2.75) is 0 Å². The Morgan fingerprint density at radius 1 is 1.14 bits per heavy atom. The second kappa shape index (κ2) is 7.19. The maximum atomic E-state index is 12.8. The predicted octanol–water partition coefficient (Wildman–Crippen LogP) is 1.87. The minimum absolute atomic E-state index is 0.0415. The number of nitrogens with one attached hydrogen (secondary N) is 2. The zero-order valence-electron chi connectivity index (χ0n) is 14.6. The molecule has 0 saturated carbocycles. The Balaban J connectivity index is 1.77. The van der Waals surface area contributed by atoms with E-state index in [9.17, 15) is 9.59 Å². The van der Waals surface area contributed by atoms with Crippen molar-refractivity contribution >= 4 is 17.4 Å². The minimum atomic E-state index is -0.677. The highest BCUT2D eigenvalue weighted by Crippen LogP contribution is 2.27. The van der Waals surface area contributed by atoms with E-state index in [0.717, 1.165) is 0 Å². The number of anilines is 1. The molecule has 2 N–H and O–H groups in total. The third-order valence-corrected chi connectivity index (χ3v) is 3.94. The molecule has 0 unspecified atom stereocenters. The maximum Gasteiger partial charge on any atom is 0.270 e. The van der Waals surface area contributed by atoms with E-state index in [2.05, 4.69) is 25.9 Å². The van der Waals surface area contributed by atoms with E-state index in [1.807, 2.05) is 0 Å². The van der Waals surface area contributed by atoms with Crippen LogP contribution in [-0.4, -0.2) is 38.0 Å². The fraction of sp³-hybridized carbons (Fsp3) is 0.0556. The zero-order valence-corrected chi connectivity index (χ0v) is 14.6. The molecule has 0 fully saturated rings. The van der Waals surface area contributed by atoms with Gasteiger partial charge < -0.3 is 9.47 Å². The number of H-pyrrole nitrogens is 1. The van der Waals surface area contributed by atoms with Crippen LogP contribution in [0.15, 0.2) is 59.5 Å². The Kier molecular flexibility index (Phi) is 4.42. The molecule has 4 aromatic rings. The molecule has 0 aliphatic heterocycles. The summed E-state index contributed by atoms with van der Waals surface area (Å²) >= 11 is 0. The summed E-state index contributed by atoms with van der Waals surface area (Å²) in [6, 6.07) is 13.5. The van der Waals surface area contributed by atoms with Crippen molar-refractivity contribution in [3.8, 4) is 17.2 Å². The molecule has 4 rings (SSSR count). The molecule has 1 aromatic carbocycles. The van der Waals surface area contributed by atoms with Gasteiger partial charge in [0.2, 0.25) is 0 Å². The van der Waals surface area contributed by atoms with Crippen molar-refractivity contribution in [1.82, 2.24) is 25.0 Å². The van der Waals surface area contributed by atoms with Gasteiger partial charge >= 0.3 is 0 Å². The summed E-state index contributed by atoms with van der Waals surface area (Å²) in [5.74, 6) is 0.824. The van der Waals surface area contributed by atoms with Crippen molar-refractivity contribution in [1.29, 1.82) is 0 Å². The summed E-state index contributed by atoms with van der Waals surface area (Å²) in [5, 5.41) is 15.3. The molecule has 10 nitrogen and oxygen atoms in total. The maximum absolute atomic E-state index is 12.8. The average molecular weight is 378 g/mol. The molecule has 0 spiro atoms. The monoisotopic (exact) mass is 378 g/mol. The van der Waals surface area contributed by atoms with E-state index in [1.165, 1.54) is 10.5 Å². The molecule has 0 aliphatic rings. The van der Waals surface area contributed by atoms with Crippen molar-refractivity contribution in [3.63, 3.8) is 0 Å². The van der Waals surface area contributed by atoms with E-state index in [0.29, 0.717) is 22.8 Å². The number of rotatable bonds is 5. The summed E-state index contributed by atoms with van der Waals surface area (Å²) < 4.78 is 12.4. The lowest BCUT2D eigenvalue weighted by Gasteiger charge is -2.12. The normalized spacial score (nSPS) is 10.6. The molecule has 1 amide bonds. The summed E-state index contributed by atoms with van der Waals surface area (Å²) in [6.45, 7) is 0. The van der Waals surface area contributed by atoms with E-state index in [4.69, 9.17) is 9.47 Å². The van der Waals surface area contributed by atoms with Crippen LogP contribution in [-0.2, 0) is 0 Å². The van der Waals surface area contributed by atoms with Crippen molar-refractivity contribution in [2.75, 3.05) is 12.4 Å². The minimum Gasteiger partial charge on any atom is -0.497 e. The van der Waals surface area contributed by atoms with Crippen LogP contribution in [0.1, 0.15) is 10.4 Å². The van der Waals surface area contributed by atoms with Crippen LogP contribution in [0.2, 0.25) is 0 Å². The molecule has 0 saturated heterocycles. The topological polar surface area (TPSA) is 124 Å². The zero-order chi connectivity index (χ0) is 19.5. The second-order valence-electron chi connectivity index (χ2n) is 5.65. The van der Waals surface area contributed by atoms with Gasteiger partial charge in [-0.3, -0.25) is 19.3 Å². The molecule has 140 valence electrons. The first kappa shape index (κ1) is 17.2. The van der Waals surface area contributed by atoms with Crippen LogP contribution in [0, 0.1) is 0 Å². The number of aromatic amines is 1. The third kappa shape index (κ3) is 3.26. The SMILES string of the molecule is COc1ccc(Oc2cc(C(=O)Nc3nn[nH]n3)c(=O)n3ccccc23)cc1. The molecular weight excluding hydrogens is 364 g/mol. The number of benzene rings is 1. The van der Waals surface area contributed by atoms with E-state index < -0.39 is 11.5 Å². The molecule has 28 heavy (non-hydrogen) atoms. The number of ether oxygens (including phenoxy) is 2. The summed E-state index contributed by atoms with van der Waals surface area (Å²) in [6.07, 6.45) is 1.56. The molecule has 0 radical (unpaired) electrons. The number of fused-ring (bicyclic) bond motifs is 1. The van der Waals surface area contributed by atoms with Gasteiger partial charge in [-0.05, 0) is 41.6 Å². The predicted molar refractivity (Wildman–Crippen MR) is 98.9 cm³/mol. The Bertz CT molecular complexity index is 1190. The lowest BCUT2D eigenvalue weighted by Crippen LogP contribution is -2.26. The number of carbonyl (C=O) groups excluding carboxylic acids is 1. The average Bonchev–Trinajstić information content (AvgIpc) is 3.23. The number of hydrogen-bond donors (Lipinski definition) is 2. The van der Waals surface area contributed by atoms with Crippen LogP contribution in [0.3, 0.4) is 0 Å². The van der Waals surface area contributed by atoms with Gasteiger partial charge in [0.15, 0.2) is 5.75 Å². The first-order chi connectivity index (χ1) is 13.7. The first-order valence-corrected chi connectivity index (χ1v) is 8.17. The van der Waals surface area contributed by atoms with Crippen molar-refractivity contribution in [3.05, 3.63) is 70.6 Å². The molecular formula is C18H14N6O4. The number of nitrogens with zero attached hydrogens (tertiary/aromatic N) is 4. The number of pyridine rings is 2. The standard InChI is InChI=1S/C18H14N6O4/c1-27-11-5-7-12(8-6-11)28-15-10-13(16(25)19-18-20-22-23-21-18)17(26)24-9-3-2-4-14(15)24/h2-10H,1H3,(H2,19,20,21,22,23,25). The highest BCUT2D eigenvalue weighted by atomic mass is 16.5. The van der Waals surface area contributed by atoms with Crippen molar-refractivity contribution in [2.24, 2.45) is 0 Å². The number of carbonyl (C=O) groups is 1. The van der Waals surface area contributed by atoms with Crippen LogP contribution < -0.4 is 20.3 Å². The number of aromatic nitrogens is 5. The Morgan fingerprint density at radius 2 is 1.93 bits per heavy atom. The molecule has 0 atom stereocenters. The molecule has 3 aromatic heterocycles. The fourth-order valence-corrected chi connectivity index (χ4v) is 2.62. The number of hydrogen-bond acceptors (Lipinski definition) is 7. The molecule has 0 bridgehead atoms. The Labute approximate surface area is 157 Å². The van der Waals surface area contributed by atoms with E-state index in [1.54, 1.807) is 55.8 Å². The summed E-state index contributed by atoms with van der Waals surface area (Å²) in [5.41, 5.74) is -0.116. The quantitative estimate of drug-likeness (QED) is 0.543. The van der Waals surface area contributed by atoms with Gasteiger partial charge in [-0.25, -0.2) is 0 Å². The number of methoxy groups -OCH3 is 1. The highest BCUT2D eigenvalue weighted by Gasteiger charge is 2.18. The van der Waals surface area contributed by atoms with E-state index in [-0.39, 0.29) is 11.5 Å². The molecule has 3 heterocycles. The first-order valence-electron chi connectivity index (χ1n) is 8.17. The van der Waals surface area contributed by atoms with Crippen LogP contribution >= 0.6 is 0 Å². The number of tetrazole rings is 1. The van der Waals surface area contributed by atoms with Gasteiger partial charge in [0.05, 0.1) is 12.6 Å².